The molecular weight excluding hydrogens is 978 g/mol. The number of halogens is 1. The highest BCUT2D eigenvalue weighted by atomic mass is 127. The first-order valence-corrected chi connectivity index (χ1v) is 24.1. The Morgan fingerprint density at radius 3 is 2.24 bits per heavy atom. The molecule has 16 nitrogen and oxygen atoms in total. The number of rotatable bonds is 17. The fourth-order valence-electron chi connectivity index (χ4n) is 7.96. The van der Waals surface area contributed by atoms with Gasteiger partial charge in [-0.3, -0.25) is 19.2 Å². The molecular formula is C48H56IN7O9S. The fourth-order valence-corrected chi connectivity index (χ4v) is 10.3. The first kappa shape index (κ1) is 49.8. The molecule has 2 aliphatic rings. The lowest BCUT2D eigenvalue weighted by atomic mass is 9.85. The van der Waals surface area contributed by atoms with Gasteiger partial charge < -0.3 is 37.3 Å². The van der Waals surface area contributed by atoms with Gasteiger partial charge in [0.25, 0.3) is 17.7 Å². The molecule has 5 amide bonds. The Hall–Kier alpha value is -5.67. The number of sulfone groups is 1. The number of aliphatic hydroxyl groups excluding tert-OH is 1. The third kappa shape index (κ3) is 11.8. The lowest BCUT2D eigenvalue weighted by Gasteiger charge is -2.45. The van der Waals surface area contributed by atoms with Crippen LogP contribution in [0.5, 0.6) is 0 Å². The average Bonchev–Trinajstić information content (AvgIpc) is 3.63. The van der Waals surface area contributed by atoms with Gasteiger partial charge >= 0.3 is 6.09 Å². The van der Waals surface area contributed by atoms with E-state index in [-0.39, 0.29) is 60.7 Å². The average molecular weight is 1030 g/mol. The topological polar surface area (TPSA) is 244 Å². The van der Waals surface area contributed by atoms with Crippen molar-refractivity contribution < 1.29 is 42.2 Å². The maximum atomic E-state index is 15.2. The van der Waals surface area contributed by atoms with Gasteiger partial charge in [-0.2, -0.15) is 0 Å². The number of nitrogens with zero attached hydrogens (tertiary/aromatic N) is 2. The van der Waals surface area contributed by atoms with Crippen LogP contribution < -0.4 is 27.4 Å². The van der Waals surface area contributed by atoms with Gasteiger partial charge in [-0.05, 0) is 135 Å². The van der Waals surface area contributed by atoms with E-state index in [2.05, 4.69) is 38.5 Å². The molecule has 2 heterocycles. The van der Waals surface area contributed by atoms with Crippen molar-refractivity contribution in [2.75, 3.05) is 13.1 Å². The van der Waals surface area contributed by atoms with E-state index >= 15 is 18.0 Å². The molecule has 0 bridgehead atoms. The van der Waals surface area contributed by atoms with Gasteiger partial charge in [0.1, 0.15) is 21.7 Å². The van der Waals surface area contributed by atoms with Gasteiger partial charge in [0.2, 0.25) is 15.7 Å². The van der Waals surface area contributed by atoms with Crippen LogP contribution in [0.15, 0.2) is 119 Å². The lowest BCUT2D eigenvalue weighted by molar-refractivity contribution is -0.160. The molecule has 66 heavy (non-hydrogen) atoms. The Morgan fingerprint density at radius 2 is 1.61 bits per heavy atom. The molecule has 18 heteroatoms. The van der Waals surface area contributed by atoms with E-state index in [0.717, 1.165) is 19.7 Å². The summed E-state index contributed by atoms with van der Waals surface area (Å²) < 4.78 is 36.6. The maximum Gasteiger partial charge on any atom is 0.407 e. The summed E-state index contributed by atoms with van der Waals surface area (Å²) in [5, 5.41) is 22.5. The van der Waals surface area contributed by atoms with Gasteiger partial charge in [-0.1, -0.05) is 72.3 Å². The van der Waals surface area contributed by atoms with Crippen LogP contribution >= 0.6 is 22.6 Å². The van der Waals surface area contributed by atoms with Crippen molar-refractivity contribution in [1.82, 2.24) is 26.0 Å². The summed E-state index contributed by atoms with van der Waals surface area (Å²) in [5.74, 6) is -3.24. The van der Waals surface area contributed by atoms with Crippen LogP contribution in [-0.2, 0) is 41.9 Å². The predicted octanol–water partition coefficient (Wildman–Crippen LogP) is 4.69. The zero-order valence-electron chi connectivity index (χ0n) is 37.3. The molecule has 1 saturated heterocycles. The number of aryl methyl sites for hydroxylation is 1. The van der Waals surface area contributed by atoms with Gasteiger partial charge in [-0.15, -0.1) is 0 Å². The molecule has 4 aromatic carbocycles. The fraction of sp³-hybridized carbons (Fsp3) is 0.354. The molecule has 0 aromatic heterocycles. The molecule has 2 aliphatic heterocycles. The second kappa shape index (κ2) is 20.9. The highest BCUT2D eigenvalue weighted by molar-refractivity contribution is 14.1. The quantitative estimate of drug-likeness (QED) is 0.0627. The van der Waals surface area contributed by atoms with E-state index in [1.54, 1.807) is 80.4 Å². The molecule has 4 aromatic rings. The third-order valence-electron chi connectivity index (χ3n) is 11.3. The van der Waals surface area contributed by atoms with Crippen LogP contribution in [0.3, 0.4) is 0 Å². The predicted molar refractivity (Wildman–Crippen MR) is 255 cm³/mol. The number of carbonyl (C=O) groups is 5. The first-order chi connectivity index (χ1) is 31.2. The monoisotopic (exact) mass is 1030 g/mol. The molecule has 0 radical (unpaired) electrons. The van der Waals surface area contributed by atoms with E-state index in [1.807, 2.05) is 31.2 Å². The van der Waals surface area contributed by atoms with Crippen LogP contribution in [0.25, 0.3) is 0 Å². The zero-order valence-corrected chi connectivity index (χ0v) is 40.2. The smallest absolute Gasteiger partial charge is 0.407 e. The number of carbonyl (C=O) groups excluding carboxylic acids is 5. The van der Waals surface area contributed by atoms with Gasteiger partial charge in [0.15, 0.2) is 6.10 Å². The molecule has 0 aliphatic carbocycles. The van der Waals surface area contributed by atoms with Crippen molar-refractivity contribution in [3.63, 3.8) is 0 Å². The maximum absolute atomic E-state index is 15.2. The molecule has 4 atom stereocenters. The zero-order chi connectivity index (χ0) is 48.0. The number of hydrazine groups is 1. The molecule has 0 spiro atoms. The standard InChI is InChI=1S/C48H56IN7O9S/c1-30-16-22-36(23-17-30)66(63,64)41-38(33-12-6-5-7-13-33)55-26-24-48(51,28-32-11-10-14-35(49)27-32)45(61)56(55)39(41)43(59)54-37(15-8-9-25-52-46(62)65-47(2,3)4)40(57)44(60)53-29-31-18-20-34(21-19-31)42(50)58/h5-7,10-14,16-23,27,37-38,40,57H,8-9,15,24-26,28-29,51H2,1-4H3,(H2,50,58)(H,52,62)(H,53,60)(H,54,59)/t37-,38?,40?,48?/m0/s1. The number of ether oxygens (including phenoxy) is 1. The van der Waals surface area contributed by atoms with Crippen molar-refractivity contribution in [1.29, 1.82) is 0 Å². The normalized spacial score (nSPS) is 18.6. The minimum atomic E-state index is -4.58. The third-order valence-corrected chi connectivity index (χ3v) is 13.9. The molecule has 0 saturated carbocycles. The molecule has 350 valence electrons. The number of primary amides is 1. The Labute approximate surface area is 398 Å². The SMILES string of the molecule is Cc1ccc(S(=O)(=O)C2=C(C(=O)N[C@@H](CCCCNC(=O)OC(C)(C)C)C(O)C(=O)NCc3ccc(C(N)=O)cc3)N3C(=O)C(N)(Cc4cccc(I)c4)CCN3C2c2ccccc2)cc1. The number of hydrogen-bond acceptors (Lipinski definition) is 11. The van der Waals surface area contributed by atoms with Gasteiger partial charge in [0, 0.05) is 28.8 Å². The van der Waals surface area contributed by atoms with Crippen LogP contribution in [0, 0.1) is 10.5 Å². The van der Waals surface area contributed by atoms with E-state index in [0.29, 0.717) is 17.5 Å². The highest BCUT2D eigenvalue weighted by Crippen LogP contribution is 2.48. The highest BCUT2D eigenvalue weighted by Gasteiger charge is 2.57. The number of fused-ring (bicyclic) bond motifs is 1. The van der Waals surface area contributed by atoms with Crippen LogP contribution in [-0.4, -0.2) is 89.6 Å². The van der Waals surface area contributed by atoms with Crippen molar-refractivity contribution in [2.24, 2.45) is 11.5 Å². The van der Waals surface area contributed by atoms with Crippen molar-refractivity contribution >= 4 is 62.2 Å². The summed E-state index contributed by atoms with van der Waals surface area (Å²) in [5.41, 5.74) is 12.5. The van der Waals surface area contributed by atoms with Gasteiger partial charge in [-0.25, -0.2) is 23.2 Å². The number of amides is 5. The minimum absolute atomic E-state index is 0.0236. The van der Waals surface area contributed by atoms with E-state index in [4.69, 9.17) is 16.2 Å². The molecule has 3 unspecified atom stereocenters. The summed E-state index contributed by atoms with van der Waals surface area (Å²) in [6, 6.07) is 26.0. The van der Waals surface area contributed by atoms with E-state index < -0.39 is 74.6 Å². The van der Waals surface area contributed by atoms with Crippen molar-refractivity contribution in [2.45, 2.75) is 101 Å². The largest absolute Gasteiger partial charge is 0.444 e. The van der Waals surface area contributed by atoms with Crippen LogP contribution in [0.4, 0.5) is 4.79 Å². The van der Waals surface area contributed by atoms with Crippen molar-refractivity contribution in [3.8, 4) is 0 Å². The Morgan fingerprint density at radius 1 is 0.924 bits per heavy atom. The molecule has 1 fully saturated rings. The number of nitrogens with two attached hydrogens (primary N) is 2. The number of nitrogens with one attached hydrogen (secondary N) is 3. The van der Waals surface area contributed by atoms with E-state index in [1.165, 1.54) is 24.3 Å². The second-order valence-electron chi connectivity index (χ2n) is 17.6. The molecule has 8 N–H and O–H groups in total. The van der Waals surface area contributed by atoms with Crippen LogP contribution in [0.2, 0.25) is 0 Å². The number of aliphatic hydroxyl groups is 1. The Balaban J connectivity index is 1.40. The summed E-state index contributed by atoms with van der Waals surface area (Å²) in [6.45, 7) is 7.19. The first-order valence-electron chi connectivity index (χ1n) is 21.6. The Kier molecular flexibility index (Phi) is 15.7. The lowest BCUT2D eigenvalue weighted by Crippen LogP contribution is -2.65. The van der Waals surface area contributed by atoms with E-state index in [9.17, 15) is 19.5 Å². The summed E-state index contributed by atoms with van der Waals surface area (Å²) >= 11 is 2.17. The second-order valence-corrected chi connectivity index (χ2v) is 20.7. The van der Waals surface area contributed by atoms with Crippen LogP contribution in [0.1, 0.15) is 85.1 Å². The minimum Gasteiger partial charge on any atom is -0.444 e. The molecule has 6 rings (SSSR count). The van der Waals surface area contributed by atoms with Gasteiger partial charge in [0.05, 0.1) is 17.0 Å². The van der Waals surface area contributed by atoms with Crippen molar-refractivity contribution in [3.05, 3.63) is 145 Å². The number of benzene rings is 4. The number of hydrogen-bond donors (Lipinski definition) is 6. The number of alkyl carbamates (subject to hydrolysis) is 1. The Bertz CT molecular complexity index is 2590. The summed E-state index contributed by atoms with van der Waals surface area (Å²) in [4.78, 5) is 67.5. The summed E-state index contributed by atoms with van der Waals surface area (Å²) in [7, 11) is -4.58. The number of unbranched alkanes of at least 4 members (excludes halogenated alkanes) is 1. The summed E-state index contributed by atoms with van der Waals surface area (Å²) in [6.07, 6.45) is -1.74.